The van der Waals surface area contributed by atoms with Crippen molar-refractivity contribution in [1.82, 2.24) is 20.0 Å². The van der Waals surface area contributed by atoms with E-state index in [0.29, 0.717) is 0 Å². The Morgan fingerprint density at radius 2 is 2.04 bits per heavy atom. The van der Waals surface area contributed by atoms with Gasteiger partial charge in [-0.25, -0.2) is 0 Å². The van der Waals surface area contributed by atoms with Gasteiger partial charge in [-0.05, 0) is 65.0 Å². The number of likely N-dealkylation sites (tertiary alicyclic amines) is 2. The van der Waals surface area contributed by atoms with E-state index in [0.717, 1.165) is 49.1 Å². The third kappa shape index (κ3) is 3.94. The molecule has 3 rings (SSSR count). The lowest BCUT2D eigenvalue weighted by Gasteiger charge is -2.36. The zero-order chi connectivity index (χ0) is 16.2. The molecule has 1 N–H and O–H groups in total. The molecule has 0 bridgehead atoms. The van der Waals surface area contributed by atoms with Crippen LogP contribution in [0.2, 0.25) is 0 Å². The second-order valence-corrected chi connectivity index (χ2v) is 7.31. The van der Waals surface area contributed by atoms with E-state index in [1.165, 1.54) is 38.8 Å². The third-order valence-electron chi connectivity index (χ3n) is 5.73. The van der Waals surface area contributed by atoms with Gasteiger partial charge in [-0.15, -0.1) is 0 Å². The topological polar surface area (TPSA) is 52.2 Å². The van der Waals surface area contributed by atoms with E-state index in [2.05, 4.69) is 22.0 Å². The van der Waals surface area contributed by atoms with Crippen LogP contribution in [0.4, 0.5) is 0 Å². The molecule has 5 nitrogen and oxygen atoms in total. The van der Waals surface area contributed by atoms with E-state index in [4.69, 9.17) is 0 Å². The number of amides is 1. The maximum atomic E-state index is 12.5. The van der Waals surface area contributed by atoms with Crippen molar-refractivity contribution in [1.29, 1.82) is 0 Å². The molecule has 1 atom stereocenters. The molecule has 2 aliphatic rings. The van der Waals surface area contributed by atoms with Gasteiger partial charge in [0.05, 0.1) is 11.8 Å². The Hall–Kier alpha value is -1.36. The van der Waals surface area contributed by atoms with Crippen molar-refractivity contribution in [2.75, 3.05) is 26.2 Å². The molecule has 0 aliphatic carbocycles. The monoisotopic (exact) mass is 318 g/mol. The summed E-state index contributed by atoms with van der Waals surface area (Å²) >= 11 is 0. The molecular weight excluding hydrogens is 288 g/mol. The molecule has 23 heavy (non-hydrogen) atoms. The molecule has 0 spiro atoms. The number of aromatic amines is 1. The fourth-order valence-corrected chi connectivity index (χ4v) is 4.00. The molecule has 1 aromatic heterocycles. The molecule has 3 heterocycles. The lowest BCUT2D eigenvalue weighted by atomic mass is 9.92. The number of H-pyrrole nitrogens is 1. The van der Waals surface area contributed by atoms with Crippen LogP contribution in [0.3, 0.4) is 0 Å². The molecule has 128 valence electrons. The summed E-state index contributed by atoms with van der Waals surface area (Å²) in [6.07, 6.45) is 9.35. The highest BCUT2D eigenvalue weighted by molar-refractivity contribution is 5.95. The fraction of sp³-hybridized carbons (Fsp3) is 0.778. The van der Waals surface area contributed by atoms with E-state index >= 15 is 0 Å². The van der Waals surface area contributed by atoms with Crippen molar-refractivity contribution in [3.8, 4) is 0 Å². The molecule has 2 fully saturated rings. The van der Waals surface area contributed by atoms with Crippen LogP contribution in [-0.2, 0) is 0 Å². The Bertz CT molecular complexity index is 519. The highest BCUT2D eigenvalue weighted by atomic mass is 16.2. The number of hydrogen-bond donors (Lipinski definition) is 1. The Balaban J connectivity index is 1.43. The van der Waals surface area contributed by atoms with Crippen LogP contribution in [0.1, 0.15) is 61.5 Å². The molecule has 2 saturated heterocycles. The molecular formula is C18H30N4O. The van der Waals surface area contributed by atoms with Gasteiger partial charge in [0.1, 0.15) is 0 Å². The van der Waals surface area contributed by atoms with Gasteiger partial charge in [-0.3, -0.25) is 9.89 Å². The first-order valence-electron chi connectivity index (χ1n) is 9.18. The maximum Gasteiger partial charge on any atom is 0.257 e. The van der Waals surface area contributed by atoms with Gasteiger partial charge in [-0.1, -0.05) is 6.42 Å². The summed E-state index contributed by atoms with van der Waals surface area (Å²) in [5.74, 6) is 0.915. The van der Waals surface area contributed by atoms with Crippen LogP contribution in [0.25, 0.3) is 0 Å². The smallest absolute Gasteiger partial charge is 0.257 e. The number of hydrogen-bond acceptors (Lipinski definition) is 3. The SMILES string of the molecule is Cc1[nH]ncc1C(=O)N1CCC(CCN2CCCC[C@H]2C)CC1. The first-order chi connectivity index (χ1) is 11.1. The molecule has 0 saturated carbocycles. The Morgan fingerprint density at radius 3 is 2.70 bits per heavy atom. The zero-order valence-corrected chi connectivity index (χ0v) is 14.6. The number of rotatable bonds is 4. The lowest BCUT2D eigenvalue weighted by Crippen LogP contribution is -2.41. The van der Waals surface area contributed by atoms with Crippen molar-refractivity contribution in [3.63, 3.8) is 0 Å². The van der Waals surface area contributed by atoms with Crippen LogP contribution in [0, 0.1) is 12.8 Å². The average molecular weight is 318 g/mol. The summed E-state index contributed by atoms with van der Waals surface area (Å²) in [5.41, 5.74) is 1.60. The predicted octanol–water partition coefficient (Wildman–Crippen LogP) is 2.83. The third-order valence-corrected chi connectivity index (χ3v) is 5.73. The van der Waals surface area contributed by atoms with E-state index in [9.17, 15) is 4.79 Å². The first kappa shape index (κ1) is 16.5. The Labute approximate surface area is 139 Å². The predicted molar refractivity (Wildman–Crippen MR) is 91.5 cm³/mol. The fourth-order valence-electron chi connectivity index (χ4n) is 4.00. The Kier molecular flexibility index (Phi) is 5.36. The van der Waals surface area contributed by atoms with E-state index in [1.54, 1.807) is 6.20 Å². The second kappa shape index (κ2) is 7.47. The average Bonchev–Trinajstić information content (AvgIpc) is 3.00. The summed E-state index contributed by atoms with van der Waals surface area (Å²) in [6, 6.07) is 0.759. The molecule has 2 aliphatic heterocycles. The summed E-state index contributed by atoms with van der Waals surface area (Å²) < 4.78 is 0. The quantitative estimate of drug-likeness (QED) is 0.929. The van der Waals surface area contributed by atoms with Crippen molar-refractivity contribution in [3.05, 3.63) is 17.5 Å². The second-order valence-electron chi connectivity index (χ2n) is 7.31. The van der Waals surface area contributed by atoms with Gasteiger partial charge in [0, 0.05) is 24.8 Å². The van der Waals surface area contributed by atoms with Crippen LogP contribution in [0.5, 0.6) is 0 Å². The minimum atomic E-state index is 0.138. The number of nitrogens with one attached hydrogen (secondary N) is 1. The number of nitrogens with zero attached hydrogens (tertiary/aromatic N) is 3. The van der Waals surface area contributed by atoms with Gasteiger partial charge in [0.25, 0.3) is 5.91 Å². The van der Waals surface area contributed by atoms with E-state index in [-0.39, 0.29) is 5.91 Å². The number of aryl methyl sites for hydroxylation is 1. The molecule has 1 aromatic rings. The van der Waals surface area contributed by atoms with Crippen molar-refractivity contribution >= 4 is 5.91 Å². The summed E-state index contributed by atoms with van der Waals surface area (Å²) in [4.78, 5) is 17.2. The standard InChI is InChI=1S/C18H30N4O/c1-14-5-3-4-9-21(14)10-6-16-7-11-22(12-8-16)18(23)17-13-19-20-15(17)2/h13-14,16H,3-12H2,1-2H3,(H,19,20)/t14-/m1/s1. The maximum absolute atomic E-state index is 12.5. The van der Waals surface area contributed by atoms with Crippen molar-refractivity contribution in [2.24, 2.45) is 5.92 Å². The van der Waals surface area contributed by atoms with E-state index in [1.807, 2.05) is 11.8 Å². The van der Waals surface area contributed by atoms with Gasteiger partial charge in [-0.2, -0.15) is 5.10 Å². The van der Waals surface area contributed by atoms with Gasteiger partial charge in [0.2, 0.25) is 0 Å². The molecule has 5 heteroatoms. The van der Waals surface area contributed by atoms with Crippen LogP contribution >= 0.6 is 0 Å². The number of aromatic nitrogens is 2. The van der Waals surface area contributed by atoms with Crippen LogP contribution in [0.15, 0.2) is 6.20 Å². The highest BCUT2D eigenvalue weighted by Crippen LogP contribution is 2.24. The zero-order valence-electron chi connectivity index (χ0n) is 14.6. The summed E-state index contributed by atoms with van der Waals surface area (Å²) in [5, 5.41) is 6.82. The van der Waals surface area contributed by atoms with Crippen molar-refractivity contribution < 1.29 is 4.79 Å². The summed E-state index contributed by atoms with van der Waals surface area (Å²) in [6.45, 7) is 8.58. The molecule has 1 amide bonds. The lowest BCUT2D eigenvalue weighted by molar-refractivity contribution is 0.0672. The number of piperidine rings is 2. The van der Waals surface area contributed by atoms with Gasteiger partial charge in [0.15, 0.2) is 0 Å². The van der Waals surface area contributed by atoms with Crippen molar-refractivity contribution in [2.45, 2.75) is 58.4 Å². The first-order valence-corrected chi connectivity index (χ1v) is 9.18. The molecule has 0 unspecified atom stereocenters. The largest absolute Gasteiger partial charge is 0.339 e. The number of carbonyl (C=O) groups is 1. The minimum Gasteiger partial charge on any atom is -0.339 e. The molecule has 0 radical (unpaired) electrons. The van der Waals surface area contributed by atoms with Gasteiger partial charge >= 0.3 is 0 Å². The summed E-state index contributed by atoms with van der Waals surface area (Å²) in [7, 11) is 0. The number of carbonyl (C=O) groups excluding carboxylic acids is 1. The van der Waals surface area contributed by atoms with Gasteiger partial charge < -0.3 is 9.80 Å². The minimum absolute atomic E-state index is 0.138. The van der Waals surface area contributed by atoms with Crippen LogP contribution < -0.4 is 0 Å². The Morgan fingerprint density at radius 1 is 1.26 bits per heavy atom. The normalized spacial score (nSPS) is 24.1. The van der Waals surface area contributed by atoms with Crippen LogP contribution in [-0.4, -0.2) is 58.1 Å². The molecule has 0 aromatic carbocycles. The highest BCUT2D eigenvalue weighted by Gasteiger charge is 2.26. The van der Waals surface area contributed by atoms with E-state index < -0.39 is 0 Å².